The number of nitriles is 2. The Balaban J connectivity index is 4.05. The summed E-state index contributed by atoms with van der Waals surface area (Å²) >= 11 is 5.18. The molecule has 0 saturated heterocycles. The fourth-order valence-corrected chi connectivity index (χ4v) is 0.416. The van der Waals surface area contributed by atoms with Gasteiger partial charge in [-0.15, -0.1) is 11.6 Å². The molecule has 0 rings (SSSR count). The summed E-state index contributed by atoms with van der Waals surface area (Å²) in [7, 11) is 0. The highest BCUT2D eigenvalue weighted by Crippen LogP contribution is 1.95. The third kappa shape index (κ3) is 2.12. The Kier molecular flexibility index (Phi) is 3.43. The highest BCUT2D eigenvalue weighted by molar-refractivity contribution is 6.28. The molecule has 0 aliphatic carbocycles. The number of hydrogen-bond donors (Lipinski definition) is 1. The van der Waals surface area contributed by atoms with Crippen molar-refractivity contribution < 1.29 is 0 Å². The van der Waals surface area contributed by atoms with Crippen molar-refractivity contribution in [2.45, 2.75) is 0 Å². The lowest BCUT2D eigenvalue weighted by molar-refractivity contribution is 1.12. The maximum Gasteiger partial charge on any atom is 0.171 e. The summed E-state index contributed by atoms with van der Waals surface area (Å²) in [5.74, 6) is -1.02. The van der Waals surface area contributed by atoms with Crippen LogP contribution >= 0.6 is 11.6 Å². The zero-order chi connectivity index (χ0) is 7.28. The quantitative estimate of drug-likeness (QED) is 0.459. The molecule has 0 radical (unpaired) electrons. The van der Waals surface area contributed by atoms with Crippen molar-refractivity contribution in [2.75, 3.05) is 5.88 Å². The molecule has 0 heterocycles. The van der Waals surface area contributed by atoms with E-state index in [2.05, 4.69) is 0 Å². The van der Waals surface area contributed by atoms with E-state index in [0.29, 0.717) is 0 Å². The summed E-state index contributed by atoms with van der Waals surface area (Å²) in [5.41, 5.74) is -0.0401. The predicted octanol–water partition coefficient (Wildman–Crippen LogP) is 0.908. The van der Waals surface area contributed by atoms with Crippen molar-refractivity contribution in [3.63, 3.8) is 0 Å². The van der Waals surface area contributed by atoms with E-state index in [9.17, 15) is 0 Å². The Labute approximate surface area is 58.0 Å². The Morgan fingerprint density at radius 2 is 2.00 bits per heavy atom. The van der Waals surface area contributed by atoms with Gasteiger partial charge >= 0.3 is 0 Å². The van der Waals surface area contributed by atoms with Gasteiger partial charge in [-0.1, -0.05) is 0 Å². The molecule has 4 heteroatoms. The molecule has 1 N–H and O–H groups in total. The number of nitrogens with zero attached hydrogens (tertiary/aromatic N) is 2. The standard InChI is InChI=1S/C5H4ClN3/c6-1-5(9)4(2-7)3-8/h4,9H,1H2. The number of rotatable bonds is 2. The summed E-state index contributed by atoms with van der Waals surface area (Å²) in [5, 5.41) is 23.2. The largest absolute Gasteiger partial charge is 0.306 e. The molecule has 0 aromatic carbocycles. The lowest BCUT2D eigenvalue weighted by Crippen LogP contribution is -2.10. The molecule has 46 valence electrons. The molecule has 9 heavy (non-hydrogen) atoms. The second-order valence-corrected chi connectivity index (χ2v) is 1.62. The molecule has 0 aliphatic heterocycles. The van der Waals surface area contributed by atoms with E-state index in [1.807, 2.05) is 0 Å². The third-order valence-electron chi connectivity index (χ3n) is 0.751. The molecule has 0 amide bonds. The molecule has 0 aliphatic rings. The minimum Gasteiger partial charge on any atom is -0.306 e. The van der Waals surface area contributed by atoms with Gasteiger partial charge in [0.2, 0.25) is 0 Å². The van der Waals surface area contributed by atoms with Crippen LogP contribution in [-0.4, -0.2) is 11.6 Å². The van der Waals surface area contributed by atoms with Crippen molar-refractivity contribution >= 4 is 17.3 Å². The third-order valence-corrected chi connectivity index (χ3v) is 1.04. The summed E-state index contributed by atoms with van der Waals surface area (Å²) in [6.45, 7) is 0. The number of alkyl halides is 1. The lowest BCUT2D eigenvalue weighted by atomic mass is 10.1. The predicted molar refractivity (Wildman–Crippen MR) is 33.2 cm³/mol. The maximum absolute atomic E-state index is 8.16. The molecule has 0 aromatic heterocycles. The van der Waals surface area contributed by atoms with Gasteiger partial charge in [-0.25, -0.2) is 0 Å². The van der Waals surface area contributed by atoms with Crippen molar-refractivity contribution in [3.05, 3.63) is 0 Å². The molecular formula is C5H4ClN3. The van der Waals surface area contributed by atoms with Gasteiger partial charge in [0.05, 0.1) is 23.7 Å². The fraction of sp³-hybridized carbons (Fsp3) is 0.400. The smallest absolute Gasteiger partial charge is 0.171 e. The average Bonchev–Trinajstić information content (AvgIpc) is 1.90. The van der Waals surface area contributed by atoms with Crippen LogP contribution in [0.2, 0.25) is 0 Å². The molecular weight excluding hydrogens is 138 g/mol. The summed E-state index contributed by atoms with van der Waals surface area (Å²) in [6, 6.07) is 3.26. The van der Waals surface area contributed by atoms with Gasteiger partial charge in [0.15, 0.2) is 5.92 Å². The van der Waals surface area contributed by atoms with E-state index in [-0.39, 0.29) is 11.6 Å². The highest BCUT2D eigenvalue weighted by Gasteiger charge is 2.09. The van der Waals surface area contributed by atoms with Gasteiger partial charge in [0.1, 0.15) is 0 Å². The van der Waals surface area contributed by atoms with Gasteiger partial charge in [-0.2, -0.15) is 10.5 Å². The number of hydrogen-bond acceptors (Lipinski definition) is 3. The molecule has 0 saturated carbocycles. The zero-order valence-electron chi connectivity index (χ0n) is 4.56. The first-order valence-corrected chi connectivity index (χ1v) is 2.72. The van der Waals surface area contributed by atoms with E-state index < -0.39 is 5.92 Å². The SMILES string of the molecule is N#CC(C#N)C(=N)CCl. The molecule has 0 atom stereocenters. The summed E-state index contributed by atoms with van der Waals surface area (Å²) in [6.07, 6.45) is 0. The van der Waals surface area contributed by atoms with E-state index >= 15 is 0 Å². The minimum absolute atomic E-state index is 0.0401. The van der Waals surface area contributed by atoms with Gasteiger partial charge in [0, 0.05) is 0 Å². The molecule has 0 spiro atoms. The first-order chi connectivity index (χ1) is 4.26. The minimum atomic E-state index is -0.970. The van der Waals surface area contributed by atoms with Crippen LogP contribution in [0.4, 0.5) is 0 Å². The van der Waals surface area contributed by atoms with E-state index in [4.69, 9.17) is 27.5 Å². The topological polar surface area (TPSA) is 71.4 Å². The molecule has 3 nitrogen and oxygen atoms in total. The lowest BCUT2D eigenvalue weighted by Gasteiger charge is -1.93. The summed E-state index contributed by atoms with van der Waals surface area (Å²) < 4.78 is 0. The Morgan fingerprint density at radius 3 is 2.11 bits per heavy atom. The average molecular weight is 142 g/mol. The van der Waals surface area contributed by atoms with Crippen LogP contribution in [0.3, 0.4) is 0 Å². The van der Waals surface area contributed by atoms with Crippen LogP contribution in [0.1, 0.15) is 0 Å². The monoisotopic (exact) mass is 141 g/mol. The molecule has 0 bridgehead atoms. The molecule has 0 aromatic rings. The van der Waals surface area contributed by atoms with Gasteiger partial charge in [-0.05, 0) is 0 Å². The van der Waals surface area contributed by atoms with E-state index in [0.717, 1.165) is 0 Å². The Morgan fingerprint density at radius 1 is 1.56 bits per heavy atom. The second-order valence-electron chi connectivity index (χ2n) is 1.35. The van der Waals surface area contributed by atoms with Crippen LogP contribution < -0.4 is 0 Å². The zero-order valence-corrected chi connectivity index (χ0v) is 5.31. The van der Waals surface area contributed by atoms with Crippen LogP contribution in [0.5, 0.6) is 0 Å². The van der Waals surface area contributed by atoms with Crippen LogP contribution in [0.15, 0.2) is 0 Å². The van der Waals surface area contributed by atoms with Crippen LogP contribution in [0, 0.1) is 34.0 Å². The normalized spacial score (nSPS) is 8.00. The van der Waals surface area contributed by atoms with Crippen LogP contribution in [-0.2, 0) is 0 Å². The van der Waals surface area contributed by atoms with E-state index in [1.54, 1.807) is 12.1 Å². The maximum atomic E-state index is 8.16. The molecule has 0 fully saturated rings. The van der Waals surface area contributed by atoms with Gasteiger partial charge in [-0.3, -0.25) is 0 Å². The first kappa shape index (κ1) is 7.94. The van der Waals surface area contributed by atoms with Crippen LogP contribution in [0.25, 0.3) is 0 Å². The Bertz CT molecular complexity index is 171. The highest BCUT2D eigenvalue weighted by atomic mass is 35.5. The molecule has 0 unspecified atom stereocenters. The van der Waals surface area contributed by atoms with E-state index in [1.165, 1.54) is 0 Å². The number of nitrogens with one attached hydrogen (secondary N) is 1. The van der Waals surface area contributed by atoms with Crippen molar-refractivity contribution in [1.29, 1.82) is 15.9 Å². The van der Waals surface area contributed by atoms with Gasteiger partial charge < -0.3 is 5.41 Å². The van der Waals surface area contributed by atoms with Crippen molar-refractivity contribution in [2.24, 2.45) is 5.92 Å². The number of halogens is 1. The van der Waals surface area contributed by atoms with Crippen molar-refractivity contribution in [3.8, 4) is 12.1 Å². The Hall–Kier alpha value is -1.06. The summed E-state index contributed by atoms with van der Waals surface area (Å²) in [4.78, 5) is 0. The second kappa shape index (κ2) is 3.88. The first-order valence-electron chi connectivity index (χ1n) is 2.18. The van der Waals surface area contributed by atoms with Crippen molar-refractivity contribution in [1.82, 2.24) is 0 Å². The fourth-order valence-electron chi connectivity index (χ4n) is 0.262. The van der Waals surface area contributed by atoms with Gasteiger partial charge in [0.25, 0.3) is 0 Å².